The fourth-order valence-electron chi connectivity index (χ4n) is 3.45. The van der Waals surface area contributed by atoms with E-state index in [-0.39, 0.29) is 35.8 Å². The number of nitrogens with one attached hydrogen (secondary N) is 2. The van der Waals surface area contributed by atoms with Gasteiger partial charge in [0, 0.05) is 11.3 Å². The van der Waals surface area contributed by atoms with Gasteiger partial charge in [-0.3, -0.25) is 9.59 Å². The van der Waals surface area contributed by atoms with E-state index in [0.717, 1.165) is 5.56 Å². The molecule has 1 aromatic heterocycles. The number of carboxylic acids is 2. The van der Waals surface area contributed by atoms with Gasteiger partial charge in [-0.15, -0.1) is 0 Å². The van der Waals surface area contributed by atoms with Gasteiger partial charge < -0.3 is 35.7 Å². The van der Waals surface area contributed by atoms with E-state index in [9.17, 15) is 29.4 Å². The molecule has 0 saturated heterocycles. The molecule has 0 fully saturated rings. The number of pyridine rings is 1. The second-order valence-corrected chi connectivity index (χ2v) is 7.40. The highest BCUT2D eigenvalue weighted by molar-refractivity contribution is 6.07. The number of hydrogen-bond donors (Lipinski definition) is 5. The number of aromatic amines is 1. The van der Waals surface area contributed by atoms with E-state index in [1.165, 1.54) is 18.2 Å². The molecule has 0 aliphatic rings. The van der Waals surface area contributed by atoms with Crippen molar-refractivity contribution in [3.8, 4) is 22.6 Å². The number of carbonyl (C=O) groups is 3. The van der Waals surface area contributed by atoms with Gasteiger partial charge in [-0.25, -0.2) is 9.59 Å². The zero-order valence-corrected chi connectivity index (χ0v) is 18.9. The monoisotopic (exact) mass is 481 g/mol. The number of nitrogens with two attached hydrogens (primary N) is 1. The molecule has 0 radical (unpaired) electrons. The summed E-state index contributed by atoms with van der Waals surface area (Å²) in [5, 5.41) is 21.9. The predicted octanol–water partition coefficient (Wildman–Crippen LogP) is 2.75. The predicted molar refractivity (Wildman–Crippen MR) is 127 cm³/mol. The van der Waals surface area contributed by atoms with Crippen LogP contribution in [0.15, 0.2) is 47.3 Å². The van der Waals surface area contributed by atoms with Gasteiger partial charge in [-0.2, -0.15) is 0 Å². The first kappa shape index (κ1) is 24.8. The van der Waals surface area contributed by atoms with Gasteiger partial charge in [0.2, 0.25) is 0 Å². The largest absolute Gasteiger partial charge is 0.490 e. The van der Waals surface area contributed by atoms with Crippen LogP contribution < -0.4 is 26.1 Å². The van der Waals surface area contributed by atoms with E-state index in [1.54, 1.807) is 25.1 Å². The number of rotatable bonds is 9. The number of carboxylic acid groups (broad SMARTS) is 2. The maximum absolute atomic E-state index is 12.3. The number of carbonyl (C=O) groups excluding carboxylic acids is 1. The number of aromatic carboxylic acids is 2. The first-order chi connectivity index (χ1) is 16.6. The lowest BCUT2D eigenvalue weighted by molar-refractivity contribution is -0.118. The SMILES string of the molecule is CCOc1cc(-c2c(C(=O)O)c(N)[nH]c(=O)c2C(=O)O)ccc1OCC(=O)Nc1cccc(C)c1. The van der Waals surface area contributed by atoms with Crippen LogP contribution in [0.1, 0.15) is 33.2 Å². The lowest BCUT2D eigenvalue weighted by Gasteiger charge is -2.16. The number of hydrogen-bond acceptors (Lipinski definition) is 7. The Labute approximate surface area is 199 Å². The number of aryl methyl sites for hydroxylation is 1. The number of aromatic nitrogens is 1. The molecule has 2 aromatic carbocycles. The third-order valence-electron chi connectivity index (χ3n) is 4.87. The molecule has 182 valence electrons. The Hall–Kier alpha value is -4.80. The molecule has 0 aliphatic heterocycles. The smallest absolute Gasteiger partial charge is 0.342 e. The fraction of sp³-hybridized carbons (Fsp3) is 0.167. The number of benzene rings is 2. The molecule has 6 N–H and O–H groups in total. The molecule has 0 unspecified atom stereocenters. The van der Waals surface area contributed by atoms with E-state index in [4.69, 9.17) is 15.2 Å². The lowest BCUT2D eigenvalue weighted by atomic mass is 9.95. The van der Waals surface area contributed by atoms with Crippen LogP contribution in [0.3, 0.4) is 0 Å². The van der Waals surface area contributed by atoms with Crippen LogP contribution in [0, 0.1) is 6.92 Å². The molecule has 0 saturated carbocycles. The second-order valence-electron chi connectivity index (χ2n) is 7.40. The fourth-order valence-corrected chi connectivity index (χ4v) is 3.45. The van der Waals surface area contributed by atoms with Crippen LogP contribution in [0.2, 0.25) is 0 Å². The van der Waals surface area contributed by atoms with E-state index >= 15 is 0 Å². The molecule has 11 nitrogen and oxygen atoms in total. The summed E-state index contributed by atoms with van der Waals surface area (Å²) >= 11 is 0. The third kappa shape index (κ3) is 5.58. The summed E-state index contributed by atoms with van der Waals surface area (Å²) in [6, 6.07) is 11.3. The van der Waals surface area contributed by atoms with Crippen molar-refractivity contribution in [1.29, 1.82) is 0 Å². The topological polar surface area (TPSA) is 181 Å². The molecule has 3 rings (SSSR count). The van der Waals surface area contributed by atoms with Crippen molar-refractivity contribution in [1.82, 2.24) is 4.98 Å². The minimum Gasteiger partial charge on any atom is -0.490 e. The number of amides is 1. The Morgan fingerprint density at radius 3 is 2.34 bits per heavy atom. The minimum absolute atomic E-state index is 0.0533. The quantitative estimate of drug-likeness (QED) is 0.307. The minimum atomic E-state index is -1.63. The Kier molecular flexibility index (Phi) is 7.40. The summed E-state index contributed by atoms with van der Waals surface area (Å²) in [6.07, 6.45) is 0. The first-order valence-corrected chi connectivity index (χ1v) is 10.4. The normalized spacial score (nSPS) is 10.5. The first-order valence-electron chi connectivity index (χ1n) is 10.4. The lowest BCUT2D eigenvalue weighted by Crippen LogP contribution is -2.24. The molecule has 0 bridgehead atoms. The van der Waals surface area contributed by atoms with Gasteiger partial charge >= 0.3 is 11.9 Å². The molecule has 1 amide bonds. The van der Waals surface area contributed by atoms with E-state index in [0.29, 0.717) is 5.69 Å². The van der Waals surface area contributed by atoms with Crippen molar-refractivity contribution in [3.05, 3.63) is 69.5 Å². The number of ether oxygens (including phenoxy) is 2. The molecule has 0 aliphatic carbocycles. The number of anilines is 2. The zero-order chi connectivity index (χ0) is 25.7. The zero-order valence-electron chi connectivity index (χ0n) is 18.9. The average molecular weight is 481 g/mol. The van der Waals surface area contributed by atoms with Crippen LogP contribution >= 0.6 is 0 Å². The van der Waals surface area contributed by atoms with Gasteiger partial charge in [0.25, 0.3) is 11.5 Å². The van der Waals surface area contributed by atoms with E-state index in [1.807, 2.05) is 18.0 Å². The molecule has 3 aromatic rings. The van der Waals surface area contributed by atoms with Gasteiger partial charge in [0.15, 0.2) is 18.1 Å². The molecule has 1 heterocycles. The summed E-state index contributed by atoms with van der Waals surface area (Å²) in [5.41, 5.74) is 4.52. The van der Waals surface area contributed by atoms with Crippen LogP contribution in [0.25, 0.3) is 11.1 Å². The van der Waals surface area contributed by atoms with Crippen LogP contribution in [0.5, 0.6) is 11.5 Å². The maximum Gasteiger partial charge on any atom is 0.342 e. The van der Waals surface area contributed by atoms with Crippen LogP contribution in [0.4, 0.5) is 11.5 Å². The Morgan fingerprint density at radius 1 is 1.00 bits per heavy atom. The Balaban J connectivity index is 1.97. The summed E-state index contributed by atoms with van der Waals surface area (Å²) in [6.45, 7) is 3.41. The highest BCUT2D eigenvalue weighted by Crippen LogP contribution is 2.36. The van der Waals surface area contributed by atoms with Crippen molar-refractivity contribution in [2.75, 3.05) is 24.3 Å². The average Bonchev–Trinajstić information content (AvgIpc) is 2.77. The third-order valence-corrected chi connectivity index (χ3v) is 4.87. The molecular formula is C24H23N3O8. The van der Waals surface area contributed by atoms with E-state index in [2.05, 4.69) is 5.32 Å². The molecule has 0 spiro atoms. The van der Waals surface area contributed by atoms with Crippen molar-refractivity contribution in [3.63, 3.8) is 0 Å². The Morgan fingerprint density at radius 2 is 1.71 bits per heavy atom. The van der Waals surface area contributed by atoms with E-state index < -0.39 is 40.3 Å². The summed E-state index contributed by atoms with van der Waals surface area (Å²) < 4.78 is 11.1. The maximum atomic E-state index is 12.3. The van der Waals surface area contributed by atoms with Crippen molar-refractivity contribution >= 4 is 29.4 Å². The van der Waals surface area contributed by atoms with Crippen LogP contribution in [-0.2, 0) is 4.79 Å². The summed E-state index contributed by atoms with van der Waals surface area (Å²) in [7, 11) is 0. The standard InChI is InChI=1S/C24H23N3O8/c1-3-34-16-10-13(18-19(23(30)31)21(25)27-22(29)20(18)24(32)33)7-8-15(16)35-11-17(28)26-14-6-4-5-12(2)9-14/h4-10H,3,11H2,1-2H3,(H,26,28)(H,30,31)(H,32,33)(H3,25,27,29). The van der Waals surface area contributed by atoms with Gasteiger partial charge in [0.05, 0.1) is 6.61 Å². The molecule has 11 heteroatoms. The summed E-state index contributed by atoms with van der Waals surface area (Å²) in [5.74, 6) is -3.81. The summed E-state index contributed by atoms with van der Waals surface area (Å²) in [4.78, 5) is 50.2. The van der Waals surface area contributed by atoms with Crippen LogP contribution in [-0.4, -0.2) is 46.3 Å². The molecule has 35 heavy (non-hydrogen) atoms. The Bertz CT molecular complexity index is 1360. The second kappa shape index (κ2) is 10.4. The van der Waals surface area contributed by atoms with Crippen molar-refractivity contribution in [2.45, 2.75) is 13.8 Å². The highest BCUT2D eigenvalue weighted by Gasteiger charge is 2.27. The van der Waals surface area contributed by atoms with Crippen molar-refractivity contribution in [2.24, 2.45) is 0 Å². The molecule has 0 atom stereocenters. The molecular weight excluding hydrogens is 458 g/mol. The number of nitrogen functional groups attached to an aromatic ring is 1. The highest BCUT2D eigenvalue weighted by atomic mass is 16.5. The number of H-pyrrole nitrogens is 1. The van der Waals surface area contributed by atoms with Crippen molar-refractivity contribution < 1.29 is 34.1 Å². The van der Waals surface area contributed by atoms with Gasteiger partial charge in [-0.1, -0.05) is 18.2 Å². The van der Waals surface area contributed by atoms with Gasteiger partial charge in [-0.05, 0) is 49.2 Å². The van der Waals surface area contributed by atoms with Gasteiger partial charge in [0.1, 0.15) is 16.9 Å².